The lowest BCUT2D eigenvalue weighted by atomic mass is 10.2. The van der Waals surface area contributed by atoms with Crippen molar-refractivity contribution in [2.45, 2.75) is 26.6 Å². The van der Waals surface area contributed by atoms with E-state index in [1.54, 1.807) is 6.26 Å². The molecule has 0 heterocycles. The Morgan fingerprint density at radius 3 is 2.53 bits per heavy atom. The number of hydrogen-bond acceptors (Lipinski definition) is 2. The van der Waals surface area contributed by atoms with Crippen molar-refractivity contribution in [2.24, 2.45) is 0 Å². The van der Waals surface area contributed by atoms with Crippen LogP contribution in [0.2, 0.25) is 0 Å². The van der Waals surface area contributed by atoms with E-state index in [1.165, 1.54) is 0 Å². The van der Waals surface area contributed by atoms with E-state index >= 15 is 0 Å². The first kappa shape index (κ1) is 11.8. The van der Waals surface area contributed by atoms with Gasteiger partial charge in [-0.1, -0.05) is 37.3 Å². The summed E-state index contributed by atoms with van der Waals surface area (Å²) in [4.78, 5) is 0. The van der Waals surface area contributed by atoms with E-state index in [0.29, 0.717) is 6.61 Å². The van der Waals surface area contributed by atoms with Crippen LogP contribution in [-0.4, -0.2) is 12.9 Å². The van der Waals surface area contributed by atoms with Gasteiger partial charge in [-0.2, -0.15) is 0 Å². The molecular formula is C13H18O2. The largest absolute Gasteiger partial charge is 0.473 e. The van der Waals surface area contributed by atoms with Crippen molar-refractivity contribution in [3.05, 3.63) is 42.2 Å². The molecule has 2 heteroatoms. The van der Waals surface area contributed by atoms with Crippen LogP contribution in [-0.2, 0) is 9.47 Å². The maximum absolute atomic E-state index is 5.43. The van der Waals surface area contributed by atoms with E-state index in [9.17, 15) is 0 Å². The monoisotopic (exact) mass is 206 g/mol. The van der Waals surface area contributed by atoms with Crippen molar-refractivity contribution in [3.8, 4) is 0 Å². The minimum atomic E-state index is -0.130. The maximum atomic E-state index is 5.43. The second-order valence-corrected chi connectivity index (χ2v) is 3.14. The van der Waals surface area contributed by atoms with Crippen LogP contribution >= 0.6 is 0 Å². The minimum Gasteiger partial charge on any atom is -0.473 e. The summed E-state index contributed by atoms with van der Waals surface area (Å²) in [5.74, 6) is 0. The van der Waals surface area contributed by atoms with Gasteiger partial charge in [0.15, 0.2) is 6.29 Å². The Balaban J connectivity index is 2.38. The number of benzene rings is 1. The predicted octanol–water partition coefficient (Wildman–Crippen LogP) is 3.45. The second-order valence-electron chi connectivity index (χ2n) is 3.14. The molecule has 1 aromatic carbocycles. The molecule has 1 atom stereocenters. The maximum Gasteiger partial charge on any atom is 0.198 e. The normalized spacial score (nSPS) is 12.9. The van der Waals surface area contributed by atoms with Crippen LogP contribution in [0, 0.1) is 0 Å². The standard InChI is InChI=1S/C13H18O2/c1-3-13(14-4-2)15-11-10-12-8-6-5-7-9-12/h5-11,13H,3-4H2,1-2H3. The molecule has 0 aliphatic rings. The van der Waals surface area contributed by atoms with E-state index in [-0.39, 0.29) is 6.29 Å². The molecule has 0 amide bonds. The molecule has 0 saturated heterocycles. The van der Waals surface area contributed by atoms with Gasteiger partial charge >= 0.3 is 0 Å². The average Bonchev–Trinajstić information content (AvgIpc) is 2.29. The van der Waals surface area contributed by atoms with Gasteiger partial charge in [0.05, 0.1) is 6.26 Å². The Morgan fingerprint density at radius 2 is 1.93 bits per heavy atom. The van der Waals surface area contributed by atoms with Gasteiger partial charge in [0.25, 0.3) is 0 Å². The summed E-state index contributed by atoms with van der Waals surface area (Å²) in [6.45, 7) is 4.68. The van der Waals surface area contributed by atoms with Crippen LogP contribution in [0.3, 0.4) is 0 Å². The fraction of sp³-hybridized carbons (Fsp3) is 0.385. The second kappa shape index (κ2) is 7.07. The summed E-state index contributed by atoms with van der Waals surface area (Å²) in [5, 5.41) is 0. The van der Waals surface area contributed by atoms with Gasteiger partial charge in [-0.05, 0) is 18.6 Å². The predicted molar refractivity (Wildman–Crippen MR) is 62.3 cm³/mol. The fourth-order valence-corrected chi connectivity index (χ4v) is 1.21. The van der Waals surface area contributed by atoms with E-state index in [0.717, 1.165) is 12.0 Å². The molecular weight excluding hydrogens is 188 g/mol. The van der Waals surface area contributed by atoms with Crippen LogP contribution in [0.5, 0.6) is 0 Å². The topological polar surface area (TPSA) is 18.5 Å². The fourth-order valence-electron chi connectivity index (χ4n) is 1.21. The van der Waals surface area contributed by atoms with Crippen LogP contribution in [0.4, 0.5) is 0 Å². The molecule has 0 aromatic heterocycles. The Labute approximate surface area is 91.5 Å². The van der Waals surface area contributed by atoms with Crippen molar-refractivity contribution in [1.29, 1.82) is 0 Å². The third-order valence-electron chi connectivity index (χ3n) is 1.98. The first-order chi connectivity index (χ1) is 7.36. The lowest BCUT2D eigenvalue weighted by Gasteiger charge is -2.13. The molecule has 0 bridgehead atoms. The lowest BCUT2D eigenvalue weighted by Crippen LogP contribution is -2.12. The summed E-state index contributed by atoms with van der Waals surface area (Å²) >= 11 is 0. The van der Waals surface area contributed by atoms with Crippen molar-refractivity contribution in [3.63, 3.8) is 0 Å². The zero-order valence-electron chi connectivity index (χ0n) is 9.35. The summed E-state index contributed by atoms with van der Waals surface area (Å²) in [7, 11) is 0. The number of rotatable bonds is 6. The van der Waals surface area contributed by atoms with Gasteiger partial charge in [-0.3, -0.25) is 0 Å². The summed E-state index contributed by atoms with van der Waals surface area (Å²) in [6.07, 6.45) is 4.35. The van der Waals surface area contributed by atoms with E-state index in [4.69, 9.17) is 9.47 Å². The quantitative estimate of drug-likeness (QED) is 0.524. The highest BCUT2D eigenvalue weighted by molar-refractivity contribution is 5.47. The first-order valence-electron chi connectivity index (χ1n) is 5.35. The zero-order valence-corrected chi connectivity index (χ0v) is 9.35. The molecule has 0 saturated carbocycles. The van der Waals surface area contributed by atoms with Crippen LogP contribution in [0.1, 0.15) is 25.8 Å². The number of ether oxygens (including phenoxy) is 2. The molecule has 0 aliphatic carbocycles. The summed E-state index contributed by atoms with van der Waals surface area (Å²) < 4.78 is 10.8. The summed E-state index contributed by atoms with van der Waals surface area (Å²) in [5.41, 5.74) is 1.13. The summed E-state index contributed by atoms with van der Waals surface area (Å²) in [6, 6.07) is 10.1. The molecule has 15 heavy (non-hydrogen) atoms. The molecule has 0 radical (unpaired) electrons. The molecule has 0 aliphatic heterocycles. The highest BCUT2D eigenvalue weighted by atomic mass is 16.7. The molecule has 0 N–H and O–H groups in total. The Hall–Kier alpha value is -1.28. The van der Waals surface area contributed by atoms with Crippen molar-refractivity contribution in [1.82, 2.24) is 0 Å². The van der Waals surface area contributed by atoms with E-state index < -0.39 is 0 Å². The zero-order chi connectivity index (χ0) is 10.9. The Morgan fingerprint density at radius 1 is 1.20 bits per heavy atom. The van der Waals surface area contributed by atoms with Crippen LogP contribution in [0.15, 0.2) is 36.6 Å². The SMILES string of the molecule is CCOC(CC)OC=Cc1ccccc1. The minimum absolute atomic E-state index is 0.130. The van der Waals surface area contributed by atoms with Crippen LogP contribution in [0.25, 0.3) is 6.08 Å². The van der Waals surface area contributed by atoms with E-state index in [2.05, 4.69) is 0 Å². The van der Waals surface area contributed by atoms with Gasteiger partial charge in [-0.25, -0.2) is 0 Å². The van der Waals surface area contributed by atoms with Gasteiger partial charge in [-0.15, -0.1) is 0 Å². The smallest absolute Gasteiger partial charge is 0.198 e. The highest BCUT2D eigenvalue weighted by Crippen LogP contribution is 2.04. The van der Waals surface area contributed by atoms with Crippen LogP contribution < -0.4 is 0 Å². The first-order valence-corrected chi connectivity index (χ1v) is 5.35. The average molecular weight is 206 g/mol. The van der Waals surface area contributed by atoms with Crippen molar-refractivity contribution < 1.29 is 9.47 Å². The molecule has 1 aromatic rings. The third kappa shape index (κ3) is 4.66. The third-order valence-corrected chi connectivity index (χ3v) is 1.98. The molecule has 1 rings (SSSR count). The highest BCUT2D eigenvalue weighted by Gasteiger charge is 2.01. The molecule has 0 fully saturated rings. The Kier molecular flexibility index (Phi) is 5.56. The molecule has 82 valence electrons. The van der Waals surface area contributed by atoms with Gasteiger partial charge in [0, 0.05) is 13.0 Å². The molecule has 2 nitrogen and oxygen atoms in total. The van der Waals surface area contributed by atoms with Crippen molar-refractivity contribution >= 4 is 6.08 Å². The number of hydrogen-bond donors (Lipinski definition) is 0. The Bertz CT molecular complexity index is 280. The van der Waals surface area contributed by atoms with Gasteiger partial charge in [0.1, 0.15) is 0 Å². The molecule has 1 unspecified atom stereocenters. The van der Waals surface area contributed by atoms with E-state index in [1.807, 2.05) is 50.3 Å². The van der Waals surface area contributed by atoms with Gasteiger partial charge < -0.3 is 9.47 Å². The lowest BCUT2D eigenvalue weighted by molar-refractivity contribution is -0.102. The van der Waals surface area contributed by atoms with Gasteiger partial charge in [0.2, 0.25) is 0 Å². The molecule has 0 spiro atoms. The van der Waals surface area contributed by atoms with Crippen molar-refractivity contribution in [2.75, 3.05) is 6.61 Å².